The summed E-state index contributed by atoms with van der Waals surface area (Å²) in [5, 5.41) is 11.5. The molecule has 0 bridgehead atoms. The largest absolute Gasteiger partial charge is 0.493 e. The van der Waals surface area contributed by atoms with Crippen molar-refractivity contribution in [2.45, 2.75) is 38.5 Å². The van der Waals surface area contributed by atoms with E-state index < -0.39 is 18.6 Å². The van der Waals surface area contributed by atoms with E-state index >= 15 is 0 Å². The highest BCUT2D eigenvalue weighted by Crippen LogP contribution is 2.44. The second-order valence-electron chi connectivity index (χ2n) is 9.44. The Balaban J connectivity index is 0.000000186. The molecule has 3 aromatic carbocycles. The monoisotopic (exact) mass is 521 g/mol. The van der Waals surface area contributed by atoms with Gasteiger partial charge in [-0.05, 0) is 71.7 Å². The number of aliphatic carboxylic acids is 1. The first-order valence-corrected chi connectivity index (χ1v) is 13.0. The number of amides is 1. The predicted molar refractivity (Wildman–Crippen MR) is 144 cm³/mol. The number of carboxylic acid groups (broad SMARTS) is 1. The minimum absolute atomic E-state index is 0.0250. The van der Waals surface area contributed by atoms with Gasteiger partial charge in [0.25, 0.3) is 0 Å². The van der Waals surface area contributed by atoms with Crippen molar-refractivity contribution in [2.24, 2.45) is 5.92 Å². The molecule has 3 aromatic rings. The van der Waals surface area contributed by atoms with E-state index in [1.165, 1.54) is 25.7 Å². The Morgan fingerprint density at radius 3 is 2.16 bits per heavy atom. The van der Waals surface area contributed by atoms with Gasteiger partial charge in [-0.15, -0.1) is 0 Å². The van der Waals surface area contributed by atoms with E-state index in [1.54, 1.807) is 0 Å². The molecule has 194 valence electrons. The van der Waals surface area contributed by atoms with Crippen LogP contribution in [0.15, 0.2) is 66.7 Å². The summed E-state index contributed by atoms with van der Waals surface area (Å²) >= 11 is 5.89. The van der Waals surface area contributed by atoms with Gasteiger partial charge in [-0.3, -0.25) is 4.79 Å². The number of benzene rings is 3. The van der Waals surface area contributed by atoms with E-state index in [2.05, 4.69) is 17.4 Å². The van der Waals surface area contributed by atoms with Crippen molar-refractivity contribution in [1.82, 2.24) is 5.32 Å². The number of nitrogens with one attached hydrogen (secondary N) is 1. The molecule has 0 aromatic heterocycles. The van der Waals surface area contributed by atoms with E-state index in [-0.39, 0.29) is 12.5 Å². The van der Waals surface area contributed by atoms with Crippen molar-refractivity contribution >= 4 is 23.7 Å². The molecule has 6 nitrogen and oxygen atoms in total. The zero-order valence-electron chi connectivity index (χ0n) is 20.9. The zero-order valence-corrected chi connectivity index (χ0v) is 21.7. The van der Waals surface area contributed by atoms with Crippen LogP contribution in [-0.4, -0.2) is 36.9 Å². The lowest BCUT2D eigenvalue weighted by molar-refractivity contribution is -0.135. The fraction of sp³-hybridized carbons (Fsp3) is 0.333. The molecule has 1 amide bonds. The Hall–Kier alpha value is -3.51. The van der Waals surface area contributed by atoms with Gasteiger partial charge in [0.05, 0.1) is 6.61 Å². The molecule has 1 saturated carbocycles. The fourth-order valence-corrected chi connectivity index (χ4v) is 5.18. The van der Waals surface area contributed by atoms with Crippen LogP contribution in [-0.2, 0) is 9.53 Å². The molecular formula is C30H32ClNO5. The van der Waals surface area contributed by atoms with Crippen LogP contribution in [0.5, 0.6) is 5.75 Å². The van der Waals surface area contributed by atoms with Crippen LogP contribution in [0.1, 0.15) is 48.3 Å². The molecule has 0 spiro atoms. The minimum atomic E-state index is -1.10. The van der Waals surface area contributed by atoms with E-state index in [9.17, 15) is 9.59 Å². The van der Waals surface area contributed by atoms with Gasteiger partial charge in [0.2, 0.25) is 0 Å². The summed E-state index contributed by atoms with van der Waals surface area (Å²) in [5.74, 6) is 0.614. The lowest BCUT2D eigenvalue weighted by Gasteiger charge is -2.14. The van der Waals surface area contributed by atoms with Crippen LogP contribution >= 0.6 is 11.6 Å². The highest BCUT2D eigenvalue weighted by Gasteiger charge is 2.29. The number of halogens is 1. The van der Waals surface area contributed by atoms with Gasteiger partial charge >= 0.3 is 12.1 Å². The molecule has 1 fully saturated rings. The molecule has 0 aliphatic heterocycles. The first-order chi connectivity index (χ1) is 17.9. The number of rotatable bonds is 7. The van der Waals surface area contributed by atoms with Gasteiger partial charge in [0.15, 0.2) is 0 Å². The number of aryl methyl sites for hydroxylation is 1. The van der Waals surface area contributed by atoms with Gasteiger partial charge in [-0.25, -0.2) is 4.79 Å². The molecule has 5 rings (SSSR count). The highest BCUT2D eigenvalue weighted by atomic mass is 35.5. The number of hydrogen-bond acceptors (Lipinski definition) is 4. The summed E-state index contributed by atoms with van der Waals surface area (Å²) in [4.78, 5) is 22.0. The highest BCUT2D eigenvalue weighted by molar-refractivity contribution is 6.30. The van der Waals surface area contributed by atoms with Gasteiger partial charge in [0.1, 0.15) is 18.9 Å². The maximum atomic E-state index is 11.5. The Kier molecular flexibility index (Phi) is 9.07. The van der Waals surface area contributed by atoms with Crippen molar-refractivity contribution in [2.75, 3.05) is 19.8 Å². The lowest BCUT2D eigenvalue weighted by atomic mass is 9.98. The zero-order chi connectivity index (χ0) is 26.2. The number of carboxylic acids is 1. The number of carbonyl (C=O) groups is 2. The van der Waals surface area contributed by atoms with Gasteiger partial charge < -0.3 is 19.9 Å². The molecule has 2 N–H and O–H groups in total. The first-order valence-electron chi connectivity index (χ1n) is 12.6. The lowest BCUT2D eigenvalue weighted by Crippen LogP contribution is -2.30. The molecule has 0 atom stereocenters. The van der Waals surface area contributed by atoms with Crippen LogP contribution in [0.25, 0.3) is 11.1 Å². The van der Waals surface area contributed by atoms with Crippen LogP contribution in [0.3, 0.4) is 0 Å². The second-order valence-corrected chi connectivity index (χ2v) is 9.88. The van der Waals surface area contributed by atoms with Gasteiger partial charge in [-0.2, -0.15) is 0 Å². The summed E-state index contributed by atoms with van der Waals surface area (Å²) in [6.07, 6.45) is 4.67. The average Bonchev–Trinajstić information content (AvgIpc) is 3.52. The molecule has 2 aliphatic carbocycles. The number of hydrogen-bond donors (Lipinski definition) is 2. The summed E-state index contributed by atoms with van der Waals surface area (Å²) < 4.78 is 11.0. The van der Waals surface area contributed by atoms with E-state index in [0.717, 1.165) is 51.1 Å². The maximum Gasteiger partial charge on any atom is 0.407 e. The van der Waals surface area contributed by atoms with Crippen LogP contribution in [0.4, 0.5) is 4.79 Å². The quantitative estimate of drug-likeness (QED) is 0.356. The maximum absolute atomic E-state index is 11.5. The normalized spacial score (nSPS) is 14.2. The summed E-state index contributed by atoms with van der Waals surface area (Å²) in [7, 11) is 0. The predicted octanol–water partition coefficient (Wildman–Crippen LogP) is 6.83. The van der Waals surface area contributed by atoms with Crippen molar-refractivity contribution in [3.8, 4) is 16.9 Å². The third kappa shape index (κ3) is 7.04. The number of ether oxygens (including phenoxy) is 2. The van der Waals surface area contributed by atoms with Gasteiger partial charge in [-0.1, -0.05) is 73.0 Å². The third-order valence-corrected chi connectivity index (χ3v) is 7.05. The Morgan fingerprint density at radius 2 is 1.57 bits per heavy atom. The number of alkyl carbamates (subject to hydrolysis) is 1. The van der Waals surface area contributed by atoms with E-state index in [0.29, 0.717) is 0 Å². The van der Waals surface area contributed by atoms with Crippen molar-refractivity contribution < 1.29 is 24.2 Å². The SMILES string of the molecule is Cc1cc(Cl)ccc1OCC1CCCC1.O=C(O)CNC(=O)OCC1c2ccccc2-c2ccccc21. The van der Waals surface area contributed by atoms with Gasteiger partial charge in [0, 0.05) is 10.9 Å². The average molecular weight is 522 g/mol. The van der Waals surface area contributed by atoms with Crippen LogP contribution in [0, 0.1) is 12.8 Å². The van der Waals surface area contributed by atoms with Crippen LogP contribution in [0.2, 0.25) is 5.02 Å². The topological polar surface area (TPSA) is 84.9 Å². The molecule has 0 radical (unpaired) electrons. The molecular weight excluding hydrogens is 490 g/mol. The molecule has 0 unspecified atom stereocenters. The van der Waals surface area contributed by atoms with Crippen molar-refractivity contribution in [3.63, 3.8) is 0 Å². The standard InChI is InChI=1S/C17H15NO4.C13H17ClO/c19-16(20)9-18-17(21)22-10-15-13-7-3-1-5-11(13)12-6-2-4-8-14(12)15;1-10-8-12(14)6-7-13(10)15-9-11-4-2-3-5-11/h1-8,15H,9-10H2,(H,18,21)(H,19,20);6-8,11H,2-5,9H2,1H3. The molecule has 0 heterocycles. The Bertz CT molecular complexity index is 1190. The smallest absolute Gasteiger partial charge is 0.407 e. The molecule has 2 aliphatic rings. The first kappa shape index (κ1) is 26.6. The third-order valence-electron chi connectivity index (χ3n) is 6.81. The summed E-state index contributed by atoms with van der Waals surface area (Å²) in [5.41, 5.74) is 5.67. The second kappa shape index (κ2) is 12.6. The summed E-state index contributed by atoms with van der Waals surface area (Å²) in [6, 6.07) is 21.9. The van der Waals surface area contributed by atoms with E-state index in [1.807, 2.05) is 61.5 Å². The Labute approximate surface area is 222 Å². The Morgan fingerprint density at radius 1 is 0.946 bits per heavy atom. The number of fused-ring (bicyclic) bond motifs is 3. The minimum Gasteiger partial charge on any atom is -0.493 e. The number of carbonyl (C=O) groups excluding carboxylic acids is 1. The fourth-order valence-electron chi connectivity index (χ4n) is 4.96. The summed E-state index contributed by atoms with van der Waals surface area (Å²) in [6.45, 7) is 2.63. The van der Waals surface area contributed by atoms with Crippen LogP contribution < -0.4 is 10.1 Å². The van der Waals surface area contributed by atoms with E-state index in [4.69, 9.17) is 26.2 Å². The molecule has 7 heteroatoms. The van der Waals surface area contributed by atoms with Crippen molar-refractivity contribution in [1.29, 1.82) is 0 Å². The van der Waals surface area contributed by atoms with Crippen molar-refractivity contribution in [3.05, 3.63) is 88.4 Å². The molecule has 0 saturated heterocycles. The molecule has 37 heavy (non-hydrogen) atoms.